The van der Waals surface area contributed by atoms with Crippen molar-refractivity contribution in [1.82, 2.24) is 0 Å². The summed E-state index contributed by atoms with van der Waals surface area (Å²) in [6.07, 6.45) is 76.9. The van der Waals surface area contributed by atoms with Gasteiger partial charge in [-0.15, -0.1) is 0 Å². The molecule has 6 nitrogen and oxygen atoms in total. The Morgan fingerprint density at radius 3 is 0.849 bits per heavy atom. The molecule has 1 atom stereocenters. The van der Waals surface area contributed by atoms with Crippen LogP contribution in [-0.2, 0) is 28.6 Å². The monoisotopic (exact) mass is 1020 g/mol. The Labute approximate surface area is 454 Å². The van der Waals surface area contributed by atoms with Crippen molar-refractivity contribution in [3.05, 3.63) is 48.6 Å². The van der Waals surface area contributed by atoms with Crippen molar-refractivity contribution < 1.29 is 28.6 Å². The number of rotatable bonds is 59. The molecule has 0 bridgehead atoms. The predicted octanol–water partition coefficient (Wildman–Crippen LogP) is 21.8. The topological polar surface area (TPSA) is 78.9 Å². The predicted molar refractivity (Wildman–Crippen MR) is 316 cm³/mol. The largest absolute Gasteiger partial charge is 0.462 e. The normalized spacial score (nSPS) is 12.3. The van der Waals surface area contributed by atoms with Gasteiger partial charge in [0.15, 0.2) is 6.10 Å². The summed E-state index contributed by atoms with van der Waals surface area (Å²) >= 11 is 0. The summed E-state index contributed by atoms with van der Waals surface area (Å²) in [6, 6.07) is 0. The molecule has 0 aliphatic heterocycles. The average Bonchev–Trinajstić information content (AvgIpc) is 3.39. The lowest BCUT2D eigenvalue weighted by Crippen LogP contribution is -2.30. The van der Waals surface area contributed by atoms with Gasteiger partial charge in [0, 0.05) is 19.3 Å². The van der Waals surface area contributed by atoms with Crippen LogP contribution in [0.3, 0.4) is 0 Å². The van der Waals surface area contributed by atoms with Gasteiger partial charge in [-0.1, -0.05) is 294 Å². The summed E-state index contributed by atoms with van der Waals surface area (Å²) in [4.78, 5) is 38.3. The smallest absolute Gasteiger partial charge is 0.306 e. The highest BCUT2D eigenvalue weighted by Crippen LogP contribution is 2.17. The Balaban J connectivity index is 4.31. The first kappa shape index (κ1) is 70.4. The standard InChI is InChI=1S/C67H122O6/c1-4-7-10-13-16-19-22-25-28-30-32-33-35-37-40-42-45-48-51-54-57-60-66(69)72-63-64(73-67(70)61-58-55-52-49-46-43-38-27-24-21-18-15-12-9-6-3)62-71-65(68)59-56-53-50-47-44-41-39-36-34-31-29-26-23-20-17-14-11-8-5-2/h9,12,18,21,25,27-28,38,64H,4-8,10-11,13-17,19-20,22-24,26,29-37,39-63H2,1-3H3/b12-9-,21-18-,28-25-,38-27-/t64-/m0/s1. The summed E-state index contributed by atoms with van der Waals surface area (Å²) in [5.41, 5.74) is 0. The Morgan fingerprint density at radius 2 is 0.534 bits per heavy atom. The number of carbonyl (C=O) groups excluding carboxylic acids is 3. The van der Waals surface area contributed by atoms with E-state index in [9.17, 15) is 14.4 Å². The molecule has 426 valence electrons. The van der Waals surface area contributed by atoms with Gasteiger partial charge in [0.25, 0.3) is 0 Å². The molecule has 0 rings (SSSR count). The maximum Gasteiger partial charge on any atom is 0.306 e. The lowest BCUT2D eigenvalue weighted by molar-refractivity contribution is -0.167. The van der Waals surface area contributed by atoms with E-state index >= 15 is 0 Å². The Kier molecular flexibility index (Phi) is 59.7. The van der Waals surface area contributed by atoms with Crippen molar-refractivity contribution in [1.29, 1.82) is 0 Å². The molecule has 0 amide bonds. The van der Waals surface area contributed by atoms with Gasteiger partial charge in [0.05, 0.1) is 0 Å². The van der Waals surface area contributed by atoms with Crippen molar-refractivity contribution >= 4 is 17.9 Å². The molecule has 0 aliphatic carbocycles. The minimum absolute atomic E-state index is 0.0765. The highest BCUT2D eigenvalue weighted by molar-refractivity contribution is 5.71. The minimum Gasteiger partial charge on any atom is -0.462 e. The third-order valence-corrected chi connectivity index (χ3v) is 14.3. The summed E-state index contributed by atoms with van der Waals surface area (Å²) < 4.78 is 16.9. The molecule has 73 heavy (non-hydrogen) atoms. The lowest BCUT2D eigenvalue weighted by Gasteiger charge is -2.18. The van der Waals surface area contributed by atoms with E-state index in [0.29, 0.717) is 19.3 Å². The van der Waals surface area contributed by atoms with Gasteiger partial charge in [0.2, 0.25) is 0 Å². The molecule has 0 unspecified atom stereocenters. The fraction of sp³-hybridized carbons (Fsp3) is 0.836. The highest BCUT2D eigenvalue weighted by atomic mass is 16.6. The first-order valence-corrected chi connectivity index (χ1v) is 32.1. The molecule has 0 radical (unpaired) electrons. The van der Waals surface area contributed by atoms with Crippen LogP contribution in [0.15, 0.2) is 48.6 Å². The number of carbonyl (C=O) groups is 3. The molecule has 0 saturated carbocycles. The summed E-state index contributed by atoms with van der Waals surface area (Å²) in [5, 5.41) is 0. The van der Waals surface area contributed by atoms with Crippen LogP contribution in [-0.4, -0.2) is 37.2 Å². The van der Waals surface area contributed by atoms with E-state index in [-0.39, 0.29) is 31.1 Å². The van der Waals surface area contributed by atoms with E-state index in [4.69, 9.17) is 14.2 Å². The van der Waals surface area contributed by atoms with Crippen molar-refractivity contribution in [3.8, 4) is 0 Å². The second-order valence-corrected chi connectivity index (χ2v) is 21.6. The molecule has 6 heteroatoms. The van der Waals surface area contributed by atoms with Gasteiger partial charge >= 0.3 is 17.9 Å². The number of unbranched alkanes of at least 4 members (excludes halogenated alkanes) is 40. The number of hydrogen-bond acceptors (Lipinski definition) is 6. The first-order valence-electron chi connectivity index (χ1n) is 32.1. The van der Waals surface area contributed by atoms with Gasteiger partial charge < -0.3 is 14.2 Å². The highest BCUT2D eigenvalue weighted by Gasteiger charge is 2.19. The number of allylic oxidation sites excluding steroid dienone is 8. The van der Waals surface area contributed by atoms with E-state index in [1.165, 1.54) is 205 Å². The van der Waals surface area contributed by atoms with Crippen LogP contribution in [0.2, 0.25) is 0 Å². The van der Waals surface area contributed by atoms with Crippen molar-refractivity contribution in [2.45, 2.75) is 348 Å². The summed E-state index contributed by atoms with van der Waals surface area (Å²) in [5.74, 6) is -0.873. The molecular formula is C67H122O6. The van der Waals surface area contributed by atoms with Crippen LogP contribution >= 0.6 is 0 Å². The maximum absolute atomic E-state index is 12.9. The zero-order valence-corrected chi connectivity index (χ0v) is 48.9. The molecule has 0 aromatic heterocycles. The third-order valence-electron chi connectivity index (χ3n) is 14.3. The third kappa shape index (κ3) is 60.1. The Morgan fingerprint density at radius 1 is 0.288 bits per heavy atom. The van der Waals surface area contributed by atoms with Crippen LogP contribution in [0, 0.1) is 0 Å². The van der Waals surface area contributed by atoms with Crippen molar-refractivity contribution in [2.24, 2.45) is 0 Å². The van der Waals surface area contributed by atoms with Crippen molar-refractivity contribution in [3.63, 3.8) is 0 Å². The molecule has 0 fully saturated rings. The second-order valence-electron chi connectivity index (χ2n) is 21.6. The number of hydrogen-bond donors (Lipinski definition) is 0. The van der Waals surface area contributed by atoms with E-state index < -0.39 is 6.10 Å². The molecule has 0 spiro atoms. The number of esters is 3. The molecule has 0 aromatic rings. The van der Waals surface area contributed by atoms with Gasteiger partial charge in [-0.3, -0.25) is 14.4 Å². The zero-order chi connectivity index (χ0) is 52.9. The molecular weight excluding hydrogens is 901 g/mol. The van der Waals surface area contributed by atoms with Crippen LogP contribution in [0.1, 0.15) is 342 Å². The van der Waals surface area contributed by atoms with Gasteiger partial charge in [-0.2, -0.15) is 0 Å². The van der Waals surface area contributed by atoms with E-state index in [1.54, 1.807) is 0 Å². The lowest BCUT2D eigenvalue weighted by atomic mass is 10.0. The number of ether oxygens (including phenoxy) is 3. The maximum atomic E-state index is 12.9. The first-order chi connectivity index (χ1) is 36.0. The van der Waals surface area contributed by atoms with E-state index in [1.807, 2.05) is 0 Å². The molecule has 0 aliphatic rings. The molecule has 0 aromatic carbocycles. The fourth-order valence-corrected chi connectivity index (χ4v) is 9.51. The molecule has 0 heterocycles. The Hall–Kier alpha value is -2.63. The summed E-state index contributed by atoms with van der Waals surface area (Å²) in [6.45, 7) is 6.57. The van der Waals surface area contributed by atoms with Gasteiger partial charge in [-0.05, 0) is 77.0 Å². The van der Waals surface area contributed by atoms with Crippen LogP contribution < -0.4 is 0 Å². The van der Waals surface area contributed by atoms with Crippen LogP contribution in [0.25, 0.3) is 0 Å². The van der Waals surface area contributed by atoms with E-state index in [0.717, 1.165) is 96.3 Å². The van der Waals surface area contributed by atoms with Gasteiger partial charge in [0.1, 0.15) is 13.2 Å². The quantitative estimate of drug-likeness (QED) is 0.0261. The fourth-order valence-electron chi connectivity index (χ4n) is 9.51. The zero-order valence-electron chi connectivity index (χ0n) is 48.9. The van der Waals surface area contributed by atoms with Crippen molar-refractivity contribution in [2.75, 3.05) is 13.2 Å². The van der Waals surface area contributed by atoms with Crippen LogP contribution in [0.4, 0.5) is 0 Å². The Bertz CT molecular complexity index is 1270. The molecule has 0 saturated heterocycles. The minimum atomic E-state index is -0.781. The summed E-state index contributed by atoms with van der Waals surface area (Å²) in [7, 11) is 0. The van der Waals surface area contributed by atoms with Gasteiger partial charge in [-0.25, -0.2) is 0 Å². The van der Waals surface area contributed by atoms with E-state index in [2.05, 4.69) is 69.4 Å². The SMILES string of the molecule is CC/C=C\C/C=C\C/C=C\CCCCCCCC(=O)O[C@H](COC(=O)CCCCCCCCCCCCC/C=C\CCCCCCCC)COC(=O)CCCCCCCCCCCCCCCCCCCCC. The van der Waals surface area contributed by atoms with Crippen LogP contribution in [0.5, 0.6) is 0 Å². The second kappa shape index (κ2) is 61.9. The average molecular weight is 1020 g/mol. The molecule has 0 N–H and O–H groups in total.